The molecular formula is C17H27BrN2. The van der Waals surface area contributed by atoms with Crippen molar-refractivity contribution in [1.82, 2.24) is 5.32 Å². The third kappa shape index (κ3) is 4.78. The molecule has 20 heavy (non-hydrogen) atoms. The summed E-state index contributed by atoms with van der Waals surface area (Å²) in [6.07, 6.45) is 4.03. The lowest BCUT2D eigenvalue weighted by molar-refractivity contribution is 0.586. The minimum Gasteiger partial charge on any atom is -0.371 e. The van der Waals surface area contributed by atoms with Crippen molar-refractivity contribution in [2.45, 2.75) is 52.6 Å². The van der Waals surface area contributed by atoms with Gasteiger partial charge in [0.1, 0.15) is 0 Å². The van der Waals surface area contributed by atoms with Gasteiger partial charge in [-0.25, -0.2) is 0 Å². The fourth-order valence-corrected chi connectivity index (χ4v) is 2.92. The van der Waals surface area contributed by atoms with Crippen molar-refractivity contribution in [3.8, 4) is 0 Å². The molecule has 0 spiro atoms. The number of hydrogen-bond donors (Lipinski definition) is 1. The molecule has 112 valence electrons. The highest BCUT2D eigenvalue weighted by Crippen LogP contribution is 2.33. The van der Waals surface area contributed by atoms with E-state index in [1.54, 1.807) is 0 Å². The molecule has 0 aromatic heterocycles. The second kappa shape index (κ2) is 7.46. The minimum atomic E-state index is 0.518. The first-order valence-electron chi connectivity index (χ1n) is 7.87. The number of nitrogens with one attached hydrogen (secondary N) is 1. The zero-order valence-electron chi connectivity index (χ0n) is 13.0. The summed E-state index contributed by atoms with van der Waals surface area (Å²) in [6, 6.07) is 7.23. The smallest absolute Gasteiger partial charge is 0.0412 e. The van der Waals surface area contributed by atoms with Crippen LogP contribution in [0.1, 0.15) is 45.6 Å². The molecule has 1 aliphatic rings. The molecule has 0 saturated heterocycles. The summed E-state index contributed by atoms with van der Waals surface area (Å²) in [6.45, 7) is 10.00. The van der Waals surface area contributed by atoms with Crippen molar-refractivity contribution in [2.75, 3.05) is 18.0 Å². The van der Waals surface area contributed by atoms with Gasteiger partial charge in [0.2, 0.25) is 0 Å². The predicted molar refractivity (Wildman–Crippen MR) is 91.3 cm³/mol. The maximum absolute atomic E-state index is 3.61. The van der Waals surface area contributed by atoms with E-state index in [-0.39, 0.29) is 0 Å². The maximum Gasteiger partial charge on any atom is 0.0412 e. The van der Waals surface area contributed by atoms with E-state index in [9.17, 15) is 0 Å². The van der Waals surface area contributed by atoms with E-state index in [1.807, 2.05) is 0 Å². The van der Waals surface area contributed by atoms with Crippen LogP contribution in [0.4, 0.5) is 5.69 Å². The van der Waals surface area contributed by atoms with Crippen molar-refractivity contribution in [3.63, 3.8) is 0 Å². The molecule has 0 atom stereocenters. The molecule has 1 N–H and O–H groups in total. The molecule has 0 bridgehead atoms. The fraction of sp³-hybridized carbons (Fsp3) is 0.647. The van der Waals surface area contributed by atoms with Gasteiger partial charge < -0.3 is 10.2 Å². The van der Waals surface area contributed by atoms with Gasteiger partial charge in [-0.3, -0.25) is 0 Å². The monoisotopic (exact) mass is 338 g/mol. The second-order valence-electron chi connectivity index (χ2n) is 6.20. The summed E-state index contributed by atoms with van der Waals surface area (Å²) in [7, 11) is 0. The Hall–Kier alpha value is -0.540. The largest absolute Gasteiger partial charge is 0.371 e. The molecule has 1 fully saturated rings. The van der Waals surface area contributed by atoms with Crippen LogP contribution in [0.25, 0.3) is 0 Å². The minimum absolute atomic E-state index is 0.518. The first-order valence-corrected chi connectivity index (χ1v) is 8.66. The van der Waals surface area contributed by atoms with E-state index in [1.165, 1.54) is 41.5 Å². The Kier molecular flexibility index (Phi) is 5.91. The summed E-state index contributed by atoms with van der Waals surface area (Å²) in [4.78, 5) is 2.58. The van der Waals surface area contributed by atoms with E-state index in [4.69, 9.17) is 0 Å². The van der Waals surface area contributed by atoms with Crippen molar-refractivity contribution < 1.29 is 0 Å². The lowest BCUT2D eigenvalue weighted by Gasteiger charge is -2.27. The van der Waals surface area contributed by atoms with Crippen molar-refractivity contribution >= 4 is 21.6 Å². The van der Waals surface area contributed by atoms with Gasteiger partial charge in [0.25, 0.3) is 0 Å². The zero-order valence-corrected chi connectivity index (χ0v) is 14.5. The van der Waals surface area contributed by atoms with Crippen LogP contribution in [0.2, 0.25) is 0 Å². The number of halogens is 1. The highest BCUT2D eigenvalue weighted by Gasteiger charge is 2.25. The molecule has 1 aliphatic carbocycles. The van der Waals surface area contributed by atoms with Gasteiger partial charge in [0.05, 0.1) is 0 Å². The molecule has 0 heterocycles. The molecule has 0 radical (unpaired) electrons. The van der Waals surface area contributed by atoms with E-state index in [0.717, 1.165) is 19.0 Å². The van der Waals surface area contributed by atoms with Crippen molar-refractivity contribution in [3.05, 3.63) is 28.2 Å². The Morgan fingerprint density at radius 3 is 2.70 bits per heavy atom. The van der Waals surface area contributed by atoms with E-state index >= 15 is 0 Å². The topological polar surface area (TPSA) is 15.3 Å². The van der Waals surface area contributed by atoms with Crippen LogP contribution in [0.15, 0.2) is 22.7 Å². The summed E-state index contributed by atoms with van der Waals surface area (Å²) >= 11 is 3.61. The predicted octanol–water partition coefficient (Wildman–Crippen LogP) is 4.57. The Labute approximate surface area is 132 Å². The number of nitrogens with zero attached hydrogens (tertiary/aromatic N) is 1. The first kappa shape index (κ1) is 15.8. The second-order valence-corrected chi connectivity index (χ2v) is 7.11. The Bertz CT molecular complexity index is 427. The molecule has 1 aromatic carbocycles. The zero-order chi connectivity index (χ0) is 14.5. The SMILES string of the molecule is CCCN(CC1CC1)c1ccc(Br)cc1CNC(C)C. The standard InChI is InChI=1S/C17H27BrN2/c1-4-9-20(12-14-5-6-14)17-8-7-16(18)10-15(17)11-19-13(2)3/h7-8,10,13-14,19H,4-6,9,11-12H2,1-3H3. The average Bonchev–Trinajstić information content (AvgIpc) is 3.20. The first-order chi connectivity index (χ1) is 9.60. The third-order valence-corrected chi connectivity index (χ3v) is 4.25. The van der Waals surface area contributed by atoms with Crippen molar-refractivity contribution in [2.24, 2.45) is 5.92 Å². The molecule has 0 amide bonds. The summed E-state index contributed by atoms with van der Waals surface area (Å²) in [5.41, 5.74) is 2.82. The van der Waals surface area contributed by atoms with Gasteiger partial charge in [-0.15, -0.1) is 0 Å². The number of benzene rings is 1. The van der Waals surface area contributed by atoms with Gasteiger partial charge in [-0.2, -0.15) is 0 Å². The van der Waals surface area contributed by atoms with Gasteiger partial charge in [0, 0.05) is 35.8 Å². The highest BCUT2D eigenvalue weighted by atomic mass is 79.9. The number of anilines is 1. The normalized spacial score (nSPS) is 14.8. The fourth-order valence-electron chi connectivity index (χ4n) is 2.51. The van der Waals surface area contributed by atoms with Crippen molar-refractivity contribution in [1.29, 1.82) is 0 Å². The average molecular weight is 339 g/mol. The Morgan fingerprint density at radius 1 is 1.35 bits per heavy atom. The lowest BCUT2D eigenvalue weighted by Crippen LogP contribution is -2.29. The number of hydrogen-bond acceptors (Lipinski definition) is 2. The Morgan fingerprint density at radius 2 is 2.10 bits per heavy atom. The van der Waals surface area contributed by atoms with E-state index in [0.29, 0.717) is 6.04 Å². The van der Waals surface area contributed by atoms with Gasteiger partial charge in [-0.1, -0.05) is 36.7 Å². The lowest BCUT2D eigenvalue weighted by atomic mass is 10.1. The van der Waals surface area contributed by atoms with E-state index < -0.39 is 0 Å². The molecule has 0 unspecified atom stereocenters. The summed E-state index contributed by atoms with van der Waals surface area (Å²) in [5, 5.41) is 3.55. The molecule has 0 aliphatic heterocycles. The third-order valence-electron chi connectivity index (χ3n) is 3.75. The van der Waals surface area contributed by atoms with Gasteiger partial charge >= 0.3 is 0 Å². The summed E-state index contributed by atoms with van der Waals surface area (Å²) in [5.74, 6) is 0.927. The molecule has 2 nitrogen and oxygen atoms in total. The number of rotatable bonds is 8. The van der Waals surface area contributed by atoms with Crippen LogP contribution in [-0.2, 0) is 6.54 Å². The van der Waals surface area contributed by atoms with Gasteiger partial charge in [0.15, 0.2) is 0 Å². The van der Waals surface area contributed by atoms with E-state index in [2.05, 4.69) is 65.1 Å². The van der Waals surface area contributed by atoms with Crippen LogP contribution in [-0.4, -0.2) is 19.1 Å². The highest BCUT2D eigenvalue weighted by molar-refractivity contribution is 9.10. The molecule has 1 saturated carbocycles. The van der Waals surface area contributed by atoms with Crippen LogP contribution < -0.4 is 10.2 Å². The van der Waals surface area contributed by atoms with Crippen LogP contribution in [0, 0.1) is 5.92 Å². The van der Waals surface area contributed by atoms with Gasteiger partial charge in [-0.05, 0) is 48.9 Å². The van der Waals surface area contributed by atoms with Crippen LogP contribution in [0.3, 0.4) is 0 Å². The molecular weight excluding hydrogens is 312 g/mol. The molecule has 2 rings (SSSR count). The van der Waals surface area contributed by atoms with Crippen LogP contribution >= 0.6 is 15.9 Å². The quantitative estimate of drug-likeness (QED) is 0.746. The van der Waals surface area contributed by atoms with Crippen LogP contribution in [0.5, 0.6) is 0 Å². The molecule has 1 aromatic rings. The molecule has 3 heteroatoms. The maximum atomic E-state index is 3.61. The Balaban J connectivity index is 2.16. The summed E-state index contributed by atoms with van der Waals surface area (Å²) < 4.78 is 1.17.